The number of H-pyrrole nitrogens is 1. The second kappa shape index (κ2) is 7.59. The number of carbonyl (C=O) groups excluding carboxylic acids is 3. The van der Waals surface area contributed by atoms with E-state index in [2.05, 4.69) is 10.3 Å². The van der Waals surface area contributed by atoms with Gasteiger partial charge in [0.15, 0.2) is 5.78 Å². The van der Waals surface area contributed by atoms with Crippen molar-refractivity contribution in [2.24, 2.45) is 5.41 Å². The fraction of sp³-hybridized carbons (Fsp3) is 0.455. The predicted octanol–water partition coefficient (Wildman–Crippen LogP) is 2.16. The molecule has 158 valence electrons. The molecule has 0 unspecified atom stereocenters. The molecule has 2 aliphatic rings. The molecule has 0 atom stereocenters. The van der Waals surface area contributed by atoms with Crippen LogP contribution in [0.5, 0.6) is 0 Å². The minimum Gasteiger partial charge on any atom is -0.472 e. The molecule has 0 bridgehead atoms. The molecule has 2 aromatic rings. The van der Waals surface area contributed by atoms with Crippen LogP contribution < -0.4 is 10.9 Å². The average Bonchev–Trinajstić information content (AvgIpc) is 3.21. The van der Waals surface area contributed by atoms with Gasteiger partial charge in [-0.3, -0.25) is 19.2 Å². The van der Waals surface area contributed by atoms with Crippen molar-refractivity contribution in [2.45, 2.75) is 45.6 Å². The van der Waals surface area contributed by atoms with Gasteiger partial charge in [-0.05, 0) is 36.8 Å². The maximum absolute atomic E-state index is 12.7. The van der Waals surface area contributed by atoms with Gasteiger partial charge in [0.25, 0.3) is 17.4 Å². The lowest BCUT2D eigenvalue weighted by molar-refractivity contribution is 0.0697. The molecule has 8 nitrogen and oxygen atoms in total. The number of rotatable bonds is 3. The molecule has 1 aliphatic carbocycles. The summed E-state index contributed by atoms with van der Waals surface area (Å²) >= 11 is 0. The lowest BCUT2D eigenvalue weighted by Crippen LogP contribution is -2.47. The van der Waals surface area contributed by atoms with Gasteiger partial charge in [0, 0.05) is 36.8 Å². The minimum atomic E-state index is -0.490. The molecular weight excluding hydrogens is 386 g/mol. The number of nitrogens with one attached hydrogen (secondary N) is 2. The van der Waals surface area contributed by atoms with Crippen LogP contribution in [0, 0.1) is 5.41 Å². The molecule has 8 heteroatoms. The fourth-order valence-electron chi connectivity index (χ4n) is 4.26. The van der Waals surface area contributed by atoms with E-state index in [-0.39, 0.29) is 28.7 Å². The third kappa shape index (κ3) is 3.94. The Kier molecular flexibility index (Phi) is 5.09. The molecule has 2 aromatic heterocycles. The summed E-state index contributed by atoms with van der Waals surface area (Å²) in [5.74, 6) is -0.644. The van der Waals surface area contributed by atoms with Crippen molar-refractivity contribution in [1.82, 2.24) is 15.2 Å². The molecule has 0 radical (unpaired) electrons. The quantitative estimate of drug-likeness (QED) is 0.804. The second-order valence-electron chi connectivity index (χ2n) is 8.90. The normalized spacial score (nSPS) is 18.7. The third-order valence-corrected chi connectivity index (χ3v) is 5.85. The minimum absolute atomic E-state index is 0.0429. The molecule has 4 rings (SSSR count). The highest BCUT2D eigenvalue weighted by Gasteiger charge is 2.33. The van der Waals surface area contributed by atoms with E-state index >= 15 is 0 Å². The van der Waals surface area contributed by atoms with E-state index in [1.807, 2.05) is 13.8 Å². The first-order valence-corrected chi connectivity index (χ1v) is 10.2. The number of furan rings is 1. The molecule has 2 amide bonds. The summed E-state index contributed by atoms with van der Waals surface area (Å²) in [5.41, 5.74) is 0.802. The number of ketones is 1. The molecule has 0 aromatic carbocycles. The Balaban J connectivity index is 1.42. The van der Waals surface area contributed by atoms with Crippen LogP contribution in [0.1, 0.15) is 69.9 Å². The van der Waals surface area contributed by atoms with Crippen LogP contribution in [0.2, 0.25) is 0 Å². The molecular formula is C22H25N3O5. The summed E-state index contributed by atoms with van der Waals surface area (Å²) in [5, 5.41) is 2.88. The van der Waals surface area contributed by atoms with E-state index in [4.69, 9.17) is 4.42 Å². The number of piperidine rings is 1. The van der Waals surface area contributed by atoms with Gasteiger partial charge in [0.2, 0.25) is 0 Å². The first-order chi connectivity index (χ1) is 14.2. The highest BCUT2D eigenvalue weighted by molar-refractivity contribution is 6.02. The molecule has 1 fully saturated rings. The van der Waals surface area contributed by atoms with Crippen LogP contribution in [0.3, 0.4) is 0 Å². The highest BCUT2D eigenvalue weighted by atomic mass is 16.3. The Morgan fingerprint density at radius 1 is 1.20 bits per heavy atom. The van der Waals surface area contributed by atoms with Crippen molar-refractivity contribution in [1.29, 1.82) is 0 Å². The van der Waals surface area contributed by atoms with E-state index in [0.717, 1.165) is 0 Å². The monoisotopic (exact) mass is 411 g/mol. The van der Waals surface area contributed by atoms with Gasteiger partial charge in [0.1, 0.15) is 11.8 Å². The molecule has 0 saturated carbocycles. The first kappa shape index (κ1) is 20.1. The summed E-state index contributed by atoms with van der Waals surface area (Å²) in [4.78, 5) is 54.5. The zero-order chi connectivity index (χ0) is 21.5. The third-order valence-electron chi connectivity index (χ3n) is 5.85. The van der Waals surface area contributed by atoms with Crippen LogP contribution in [0.25, 0.3) is 0 Å². The Labute approximate surface area is 173 Å². The van der Waals surface area contributed by atoms with E-state index in [9.17, 15) is 19.2 Å². The van der Waals surface area contributed by atoms with Gasteiger partial charge < -0.3 is 19.6 Å². The second-order valence-corrected chi connectivity index (χ2v) is 8.90. The van der Waals surface area contributed by atoms with E-state index < -0.39 is 11.5 Å². The van der Waals surface area contributed by atoms with Gasteiger partial charge in [-0.15, -0.1) is 0 Å². The number of fused-ring (bicyclic) bond motifs is 1. The Bertz CT molecular complexity index is 1040. The maximum Gasteiger partial charge on any atom is 0.261 e. The number of aromatic nitrogens is 1. The first-order valence-electron chi connectivity index (χ1n) is 10.2. The molecule has 0 spiro atoms. The van der Waals surface area contributed by atoms with Crippen LogP contribution in [-0.2, 0) is 6.42 Å². The summed E-state index contributed by atoms with van der Waals surface area (Å²) in [7, 11) is 0. The SMILES string of the molecule is CC1(C)CC(=O)c2cc(C(=O)NC3CCN(C(=O)c4ccoc4)CC3)c(=O)[nH]c2C1. The van der Waals surface area contributed by atoms with Gasteiger partial charge in [0.05, 0.1) is 11.8 Å². The van der Waals surface area contributed by atoms with Crippen LogP contribution in [0.4, 0.5) is 0 Å². The lowest BCUT2D eigenvalue weighted by atomic mass is 9.75. The molecule has 2 N–H and O–H groups in total. The number of nitrogens with zero attached hydrogens (tertiary/aromatic N) is 1. The summed E-state index contributed by atoms with van der Waals surface area (Å²) in [6.07, 6.45) is 5.03. The number of aromatic amines is 1. The Morgan fingerprint density at radius 3 is 2.60 bits per heavy atom. The van der Waals surface area contributed by atoms with Crippen LogP contribution in [-0.4, -0.2) is 46.6 Å². The van der Waals surface area contributed by atoms with Gasteiger partial charge in [-0.25, -0.2) is 0 Å². The summed E-state index contributed by atoms with van der Waals surface area (Å²) in [6.45, 7) is 4.97. The van der Waals surface area contributed by atoms with E-state index in [0.29, 0.717) is 55.6 Å². The standard InChI is InChI=1S/C22H25N3O5/c1-22(2)10-17-15(18(26)11-22)9-16(20(28)24-17)19(27)23-14-3-6-25(7-4-14)21(29)13-5-8-30-12-13/h5,8-9,12,14H,3-4,6-7,10-11H2,1-2H3,(H,23,27)(H,24,28). The van der Waals surface area contributed by atoms with Crippen molar-refractivity contribution in [3.63, 3.8) is 0 Å². The largest absolute Gasteiger partial charge is 0.472 e. The van der Waals surface area contributed by atoms with Gasteiger partial charge in [-0.1, -0.05) is 13.8 Å². The zero-order valence-electron chi connectivity index (χ0n) is 17.1. The molecule has 30 heavy (non-hydrogen) atoms. The Hall–Kier alpha value is -3.16. The van der Waals surface area contributed by atoms with Crippen molar-refractivity contribution >= 4 is 17.6 Å². The number of likely N-dealkylation sites (tertiary alicyclic amines) is 1. The smallest absolute Gasteiger partial charge is 0.261 e. The highest BCUT2D eigenvalue weighted by Crippen LogP contribution is 2.33. The lowest BCUT2D eigenvalue weighted by Gasteiger charge is -2.32. The fourth-order valence-corrected chi connectivity index (χ4v) is 4.26. The number of amides is 2. The van der Waals surface area contributed by atoms with Crippen molar-refractivity contribution in [3.8, 4) is 0 Å². The van der Waals surface area contributed by atoms with Gasteiger partial charge in [-0.2, -0.15) is 0 Å². The molecule has 1 saturated heterocycles. The summed E-state index contributed by atoms with van der Waals surface area (Å²) in [6, 6.07) is 2.91. The maximum atomic E-state index is 12.7. The zero-order valence-corrected chi connectivity index (χ0v) is 17.1. The number of pyridine rings is 1. The molecule has 3 heterocycles. The summed E-state index contributed by atoms with van der Waals surface area (Å²) < 4.78 is 4.96. The number of hydrogen-bond donors (Lipinski definition) is 2. The number of carbonyl (C=O) groups is 3. The van der Waals surface area contributed by atoms with E-state index in [1.165, 1.54) is 18.6 Å². The average molecular weight is 411 g/mol. The molecule has 1 aliphatic heterocycles. The topological polar surface area (TPSA) is 112 Å². The van der Waals surface area contributed by atoms with Crippen molar-refractivity contribution in [3.05, 3.63) is 57.4 Å². The van der Waals surface area contributed by atoms with Crippen LogP contribution >= 0.6 is 0 Å². The predicted molar refractivity (Wildman–Crippen MR) is 109 cm³/mol. The van der Waals surface area contributed by atoms with Gasteiger partial charge >= 0.3 is 0 Å². The number of Topliss-reactive ketones (excluding diaryl/α,β-unsaturated/α-hetero) is 1. The van der Waals surface area contributed by atoms with E-state index in [1.54, 1.807) is 11.0 Å². The van der Waals surface area contributed by atoms with Crippen molar-refractivity contribution in [2.75, 3.05) is 13.1 Å². The Morgan fingerprint density at radius 2 is 1.93 bits per heavy atom. The van der Waals surface area contributed by atoms with Crippen molar-refractivity contribution < 1.29 is 18.8 Å². The number of hydrogen-bond acceptors (Lipinski definition) is 5. The van der Waals surface area contributed by atoms with Crippen LogP contribution in [0.15, 0.2) is 33.9 Å².